The van der Waals surface area contributed by atoms with Crippen LogP contribution in [0.2, 0.25) is 0 Å². The maximum Gasteiger partial charge on any atom is 0.202 e. The van der Waals surface area contributed by atoms with Crippen molar-refractivity contribution in [2.45, 2.75) is 6.92 Å². The number of ether oxygens (including phenoxy) is 1. The van der Waals surface area contributed by atoms with Gasteiger partial charge in [-0.25, -0.2) is 0 Å². The highest BCUT2D eigenvalue weighted by Crippen LogP contribution is 2.10. The zero-order valence-corrected chi connectivity index (χ0v) is 7.63. The van der Waals surface area contributed by atoms with E-state index in [9.17, 15) is 4.79 Å². The molecule has 0 aromatic heterocycles. The first-order valence-electron chi connectivity index (χ1n) is 3.89. The second kappa shape index (κ2) is 4.32. The van der Waals surface area contributed by atoms with Crippen molar-refractivity contribution in [3.63, 3.8) is 0 Å². The minimum absolute atomic E-state index is 0.136. The third kappa shape index (κ3) is 3.00. The molecule has 0 saturated heterocycles. The summed E-state index contributed by atoms with van der Waals surface area (Å²) >= 11 is 0. The molecule has 2 heteroatoms. The predicted molar refractivity (Wildman–Crippen MR) is 50.6 cm³/mol. The summed E-state index contributed by atoms with van der Waals surface area (Å²) in [5.74, 6) is 5.82. The van der Waals surface area contributed by atoms with Gasteiger partial charge in [-0.2, -0.15) is 0 Å². The van der Waals surface area contributed by atoms with E-state index in [1.54, 1.807) is 13.2 Å². The number of methoxy groups -OCH3 is 1. The molecule has 0 heterocycles. The Labute approximate surface area is 77.5 Å². The van der Waals surface area contributed by atoms with Gasteiger partial charge in [0, 0.05) is 12.5 Å². The van der Waals surface area contributed by atoms with Gasteiger partial charge in [-0.3, -0.25) is 4.79 Å². The molecule has 0 fully saturated rings. The number of rotatable bonds is 1. The van der Waals surface area contributed by atoms with Crippen molar-refractivity contribution in [1.29, 1.82) is 0 Å². The maximum absolute atomic E-state index is 10.6. The molecule has 1 aromatic carbocycles. The summed E-state index contributed by atoms with van der Waals surface area (Å²) in [6.07, 6.45) is 0. The number of hydrogen-bond donors (Lipinski definition) is 0. The van der Waals surface area contributed by atoms with Crippen LogP contribution in [0.15, 0.2) is 24.3 Å². The third-order valence-corrected chi connectivity index (χ3v) is 1.45. The molecule has 1 rings (SSSR count). The van der Waals surface area contributed by atoms with Crippen LogP contribution in [-0.2, 0) is 4.79 Å². The molecule has 0 spiro atoms. The van der Waals surface area contributed by atoms with Crippen LogP contribution < -0.4 is 4.74 Å². The van der Waals surface area contributed by atoms with Gasteiger partial charge in [-0.05, 0) is 24.1 Å². The van der Waals surface area contributed by atoms with Crippen LogP contribution in [0.5, 0.6) is 5.75 Å². The lowest BCUT2D eigenvalue weighted by Gasteiger charge is -1.97. The number of ketones is 1. The monoisotopic (exact) mass is 174 g/mol. The minimum Gasteiger partial charge on any atom is -0.497 e. The van der Waals surface area contributed by atoms with Crippen molar-refractivity contribution in [2.75, 3.05) is 7.11 Å². The zero-order valence-electron chi connectivity index (χ0n) is 7.63. The lowest BCUT2D eigenvalue weighted by atomic mass is 10.2. The van der Waals surface area contributed by atoms with Crippen molar-refractivity contribution in [3.8, 4) is 17.6 Å². The Balaban J connectivity index is 2.91. The molecule has 0 N–H and O–H groups in total. The number of benzene rings is 1. The highest BCUT2D eigenvalue weighted by molar-refractivity contribution is 5.93. The topological polar surface area (TPSA) is 26.3 Å². The van der Waals surface area contributed by atoms with Crippen molar-refractivity contribution in [3.05, 3.63) is 29.8 Å². The van der Waals surface area contributed by atoms with Crippen molar-refractivity contribution in [2.24, 2.45) is 0 Å². The molecule has 1 aromatic rings. The average Bonchev–Trinajstić information content (AvgIpc) is 2.15. The van der Waals surface area contributed by atoms with Crippen LogP contribution in [0, 0.1) is 11.8 Å². The highest BCUT2D eigenvalue weighted by atomic mass is 16.5. The standard InChI is InChI=1S/C11H10O2/c1-9(12)6-7-10-4-3-5-11(8-10)13-2/h3-5,8H,1-2H3. The van der Waals surface area contributed by atoms with Crippen LogP contribution in [0.1, 0.15) is 12.5 Å². The van der Waals surface area contributed by atoms with Crippen LogP contribution in [0.3, 0.4) is 0 Å². The first-order valence-corrected chi connectivity index (χ1v) is 3.89. The molecule has 0 aliphatic carbocycles. The van der Waals surface area contributed by atoms with Gasteiger partial charge in [0.1, 0.15) is 5.75 Å². The Morgan fingerprint density at radius 2 is 2.23 bits per heavy atom. The van der Waals surface area contributed by atoms with Gasteiger partial charge in [-0.1, -0.05) is 12.0 Å². The molecule has 0 amide bonds. The summed E-state index contributed by atoms with van der Waals surface area (Å²) in [6, 6.07) is 7.29. The summed E-state index contributed by atoms with van der Waals surface area (Å²) < 4.78 is 5.01. The lowest BCUT2D eigenvalue weighted by molar-refractivity contribution is -0.111. The third-order valence-electron chi connectivity index (χ3n) is 1.45. The summed E-state index contributed by atoms with van der Waals surface area (Å²) in [5.41, 5.74) is 0.787. The van der Waals surface area contributed by atoms with Gasteiger partial charge >= 0.3 is 0 Å². The minimum atomic E-state index is -0.136. The molecular weight excluding hydrogens is 164 g/mol. The Hall–Kier alpha value is -1.75. The Bertz CT molecular complexity index is 369. The summed E-state index contributed by atoms with van der Waals surface area (Å²) in [6.45, 7) is 1.44. The van der Waals surface area contributed by atoms with E-state index in [4.69, 9.17) is 4.74 Å². The number of carbonyl (C=O) groups is 1. The largest absolute Gasteiger partial charge is 0.497 e. The van der Waals surface area contributed by atoms with Crippen LogP contribution >= 0.6 is 0 Å². The number of hydrogen-bond acceptors (Lipinski definition) is 2. The van der Waals surface area contributed by atoms with Gasteiger partial charge in [-0.15, -0.1) is 0 Å². The molecule has 0 radical (unpaired) electrons. The van der Waals surface area contributed by atoms with E-state index in [0.717, 1.165) is 11.3 Å². The molecule has 66 valence electrons. The fourth-order valence-corrected chi connectivity index (χ4v) is 0.861. The number of Topliss-reactive ketones (excluding diaryl/α,β-unsaturated/α-hetero) is 1. The van der Waals surface area contributed by atoms with E-state index in [1.807, 2.05) is 18.2 Å². The smallest absolute Gasteiger partial charge is 0.202 e. The van der Waals surface area contributed by atoms with Crippen molar-refractivity contribution >= 4 is 5.78 Å². The Morgan fingerprint density at radius 1 is 1.46 bits per heavy atom. The SMILES string of the molecule is COc1cccc(C#CC(C)=O)c1. The van der Waals surface area contributed by atoms with E-state index in [-0.39, 0.29) is 5.78 Å². The fraction of sp³-hybridized carbons (Fsp3) is 0.182. The van der Waals surface area contributed by atoms with Crippen molar-refractivity contribution < 1.29 is 9.53 Å². The maximum atomic E-state index is 10.6. The predicted octanol–water partition coefficient (Wildman–Crippen LogP) is 1.64. The molecule has 0 aliphatic heterocycles. The highest BCUT2D eigenvalue weighted by Gasteiger charge is 1.91. The molecule has 2 nitrogen and oxygen atoms in total. The zero-order chi connectivity index (χ0) is 9.68. The Morgan fingerprint density at radius 3 is 2.85 bits per heavy atom. The Kier molecular flexibility index (Phi) is 3.10. The van der Waals surface area contributed by atoms with E-state index >= 15 is 0 Å². The normalized spacial score (nSPS) is 8.46. The van der Waals surface area contributed by atoms with Crippen molar-refractivity contribution in [1.82, 2.24) is 0 Å². The molecule has 0 atom stereocenters. The molecule has 0 saturated carbocycles. The molecule has 0 aliphatic rings. The van der Waals surface area contributed by atoms with Crippen LogP contribution in [-0.4, -0.2) is 12.9 Å². The van der Waals surface area contributed by atoms with Gasteiger partial charge in [0.15, 0.2) is 0 Å². The van der Waals surface area contributed by atoms with Gasteiger partial charge in [0.25, 0.3) is 0 Å². The first kappa shape index (κ1) is 9.34. The average molecular weight is 174 g/mol. The summed E-state index contributed by atoms with van der Waals surface area (Å²) in [5, 5.41) is 0. The first-order chi connectivity index (χ1) is 6.22. The van der Waals surface area contributed by atoms with E-state index in [1.165, 1.54) is 6.92 Å². The van der Waals surface area contributed by atoms with E-state index in [0.29, 0.717) is 0 Å². The van der Waals surface area contributed by atoms with Crippen LogP contribution in [0.25, 0.3) is 0 Å². The van der Waals surface area contributed by atoms with Gasteiger partial charge < -0.3 is 4.74 Å². The molecule has 13 heavy (non-hydrogen) atoms. The summed E-state index contributed by atoms with van der Waals surface area (Å²) in [4.78, 5) is 10.6. The second-order valence-corrected chi connectivity index (χ2v) is 2.54. The van der Waals surface area contributed by atoms with Crippen LogP contribution in [0.4, 0.5) is 0 Å². The van der Waals surface area contributed by atoms with E-state index < -0.39 is 0 Å². The fourth-order valence-electron chi connectivity index (χ4n) is 0.861. The quantitative estimate of drug-likeness (QED) is 0.605. The summed E-state index contributed by atoms with van der Waals surface area (Å²) in [7, 11) is 1.59. The van der Waals surface area contributed by atoms with Gasteiger partial charge in [0.05, 0.1) is 7.11 Å². The molecular formula is C11H10O2. The second-order valence-electron chi connectivity index (χ2n) is 2.54. The lowest BCUT2D eigenvalue weighted by Crippen LogP contribution is -1.84. The van der Waals surface area contributed by atoms with E-state index in [2.05, 4.69) is 11.8 Å². The molecule has 0 bridgehead atoms. The van der Waals surface area contributed by atoms with Gasteiger partial charge in [0.2, 0.25) is 5.78 Å². The number of carbonyl (C=O) groups excluding carboxylic acids is 1. The molecule has 0 unspecified atom stereocenters.